The van der Waals surface area contributed by atoms with E-state index in [1.807, 2.05) is 0 Å². The second kappa shape index (κ2) is 6.93. The van der Waals surface area contributed by atoms with Crippen molar-refractivity contribution in [3.05, 3.63) is 0 Å². The molecule has 1 aliphatic heterocycles. The zero-order valence-corrected chi connectivity index (χ0v) is 10.5. The zero-order valence-electron chi connectivity index (χ0n) is 10.5. The number of nitrogens with zero attached hydrogens (tertiary/aromatic N) is 1. The van der Waals surface area contributed by atoms with Gasteiger partial charge in [0.05, 0.1) is 0 Å². The van der Waals surface area contributed by atoms with Gasteiger partial charge in [-0.05, 0) is 19.3 Å². The Labute approximate surface area is 110 Å². The quantitative estimate of drug-likeness (QED) is 0.530. The lowest BCUT2D eigenvalue weighted by Crippen LogP contribution is -2.53. The molecular weight excluding hydrogens is 254 g/mol. The van der Waals surface area contributed by atoms with Crippen molar-refractivity contribution in [1.82, 2.24) is 10.2 Å². The number of urea groups is 1. The van der Waals surface area contributed by atoms with Gasteiger partial charge in [0.25, 0.3) is 0 Å². The van der Waals surface area contributed by atoms with E-state index in [1.54, 1.807) is 0 Å². The van der Waals surface area contributed by atoms with Crippen LogP contribution in [0.25, 0.3) is 0 Å². The van der Waals surface area contributed by atoms with Crippen LogP contribution in [0, 0.1) is 0 Å². The summed E-state index contributed by atoms with van der Waals surface area (Å²) in [6, 6.07) is -1.79. The monoisotopic (exact) mass is 273 g/mol. The summed E-state index contributed by atoms with van der Waals surface area (Å²) in [6.07, 6.45) is 1.17. The molecule has 1 aliphatic rings. The number of nitrogens with two attached hydrogens (primary N) is 1. The minimum atomic E-state index is -1.24. The number of carbonyl (C=O) groups is 3. The summed E-state index contributed by atoms with van der Waals surface area (Å²) >= 11 is 0. The molecule has 2 atom stereocenters. The number of carboxylic acid groups (broad SMARTS) is 2. The fourth-order valence-electron chi connectivity index (χ4n) is 1.96. The molecule has 1 heterocycles. The molecule has 8 heteroatoms. The number of carbonyl (C=O) groups excluding carboxylic acids is 1. The first-order valence-corrected chi connectivity index (χ1v) is 6.15. The van der Waals surface area contributed by atoms with Gasteiger partial charge in [-0.25, -0.2) is 9.59 Å². The van der Waals surface area contributed by atoms with Crippen molar-refractivity contribution in [1.29, 1.82) is 0 Å². The Bertz CT molecular complexity index is 360. The number of nitrogens with one attached hydrogen (secondary N) is 1. The summed E-state index contributed by atoms with van der Waals surface area (Å²) in [4.78, 5) is 34.7. The lowest BCUT2D eigenvalue weighted by molar-refractivity contribution is -0.140. The molecule has 0 aliphatic carbocycles. The molecule has 1 fully saturated rings. The van der Waals surface area contributed by atoms with E-state index in [1.165, 1.54) is 4.90 Å². The van der Waals surface area contributed by atoms with Crippen LogP contribution in [0.3, 0.4) is 0 Å². The van der Waals surface area contributed by atoms with Crippen molar-refractivity contribution >= 4 is 18.0 Å². The number of hydrogen-bond donors (Lipinski definition) is 4. The van der Waals surface area contributed by atoms with Crippen LogP contribution in [-0.4, -0.2) is 58.3 Å². The highest BCUT2D eigenvalue weighted by Gasteiger charge is 2.26. The largest absolute Gasteiger partial charge is 0.481 e. The molecule has 8 nitrogen and oxygen atoms in total. The van der Waals surface area contributed by atoms with E-state index in [2.05, 4.69) is 5.32 Å². The number of aliphatic carboxylic acids is 2. The lowest BCUT2D eigenvalue weighted by Gasteiger charge is -2.31. The van der Waals surface area contributed by atoms with Crippen LogP contribution in [0.15, 0.2) is 0 Å². The molecule has 0 radical (unpaired) electrons. The fourth-order valence-corrected chi connectivity index (χ4v) is 1.96. The van der Waals surface area contributed by atoms with Crippen LogP contribution >= 0.6 is 0 Å². The second-order valence-electron chi connectivity index (χ2n) is 4.62. The Morgan fingerprint density at radius 2 is 2.05 bits per heavy atom. The van der Waals surface area contributed by atoms with E-state index in [-0.39, 0.29) is 18.9 Å². The Kier molecular flexibility index (Phi) is 5.56. The predicted molar refractivity (Wildman–Crippen MR) is 65.6 cm³/mol. The molecule has 1 unspecified atom stereocenters. The number of carboxylic acids is 2. The average molecular weight is 273 g/mol. The minimum Gasteiger partial charge on any atom is -0.481 e. The molecule has 0 spiro atoms. The first-order valence-electron chi connectivity index (χ1n) is 6.15. The van der Waals surface area contributed by atoms with Crippen molar-refractivity contribution in [2.24, 2.45) is 5.73 Å². The third-order valence-corrected chi connectivity index (χ3v) is 2.99. The summed E-state index contributed by atoms with van der Waals surface area (Å²) < 4.78 is 0. The third kappa shape index (κ3) is 5.12. The molecule has 0 aromatic carbocycles. The summed E-state index contributed by atoms with van der Waals surface area (Å²) in [5.74, 6) is -2.34. The third-order valence-electron chi connectivity index (χ3n) is 2.99. The summed E-state index contributed by atoms with van der Waals surface area (Å²) in [6.45, 7) is 0.919. The van der Waals surface area contributed by atoms with Gasteiger partial charge in [-0.1, -0.05) is 0 Å². The predicted octanol–water partition coefficient (Wildman–Crippen LogP) is -0.563. The topological polar surface area (TPSA) is 133 Å². The Balaban J connectivity index is 2.50. The lowest BCUT2D eigenvalue weighted by atomic mass is 10.1. The SMILES string of the molecule is NC1CCCN(C(=O)N[C@@H](CCC(=O)O)C(=O)O)C1. The Hall–Kier alpha value is -1.83. The standard InChI is InChI=1S/C11H19N3O5/c12-7-2-1-5-14(6-7)11(19)13-8(10(17)18)3-4-9(15)16/h7-8H,1-6,12H2,(H,13,19)(H,15,16)(H,17,18)/t7?,8-/m0/s1. The van der Waals surface area contributed by atoms with E-state index < -0.39 is 24.0 Å². The van der Waals surface area contributed by atoms with E-state index in [0.29, 0.717) is 13.1 Å². The van der Waals surface area contributed by atoms with Crippen LogP contribution in [0.4, 0.5) is 4.79 Å². The molecule has 0 aromatic heterocycles. The van der Waals surface area contributed by atoms with Gasteiger partial charge in [-0.15, -0.1) is 0 Å². The van der Waals surface area contributed by atoms with Gasteiger partial charge >= 0.3 is 18.0 Å². The molecule has 1 rings (SSSR count). The molecule has 19 heavy (non-hydrogen) atoms. The number of amides is 2. The van der Waals surface area contributed by atoms with Gasteiger partial charge in [0.15, 0.2) is 0 Å². The van der Waals surface area contributed by atoms with Crippen molar-refractivity contribution in [3.63, 3.8) is 0 Å². The summed E-state index contributed by atoms with van der Waals surface area (Å²) in [5, 5.41) is 19.8. The van der Waals surface area contributed by atoms with Crippen molar-refractivity contribution in [2.75, 3.05) is 13.1 Å². The highest BCUT2D eigenvalue weighted by atomic mass is 16.4. The fraction of sp³-hybridized carbons (Fsp3) is 0.727. The van der Waals surface area contributed by atoms with Gasteiger partial charge in [0.2, 0.25) is 0 Å². The van der Waals surface area contributed by atoms with Crippen LogP contribution in [0.2, 0.25) is 0 Å². The van der Waals surface area contributed by atoms with Gasteiger partial charge in [0.1, 0.15) is 6.04 Å². The first kappa shape index (κ1) is 15.2. The minimum absolute atomic E-state index is 0.0956. The zero-order chi connectivity index (χ0) is 14.4. The molecular formula is C11H19N3O5. The van der Waals surface area contributed by atoms with Crippen LogP contribution < -0.4 is 11.1 Å². The molecule has 108 valence electrons. The summed E-state index contributed by atoms with van der Waals surface area (Å²) in [5.41, 5.74) is 5.74. The van der Waals surface area contributed by atoms with E-state index >= 15 is 0 Å². The van der Waals surface area contributed by atoms with Gasteiger partial charge < -0.3 is 26.2 Å². The smallest absolute Gasteiger partial charge is 0.326 e. The Morgan fingerprint density at radius 3 is 2.58 bits per heavy atom. The van der Waals surface area contributed by atoms with Gasteiger partial charge in [-0.3, -0.25) is 4.79 Å². The average Bonchev–Trinajstić information content (AvgIpc) is 2.33. The van der Waals surface area contributed by atoms with Crippen LogP contribution in [-0.2, 0) is 9.59 Å². The maximum atomic E-state index is 11.9. The molecule has 0 bridgehead atoms. The molecule has 1 saturated heterocycles. The van der Waals surface area contributed by atoms with Gasteiger partial charge in [0, 0.05) is 25.6 Å². The molecule has 5 N–H and O–H groups in total. The van der Waals surface area contributed by atoms with Crippen molar-refractivity contribution in [2.45, 2.75) is 37.8 Å². The first-order chi connectivity index (χ1) is 8.90. The highest BCUT2D eigenvalue weighted by molar-refractivity contribution is 5.83. The van der Waals surface area contributed by atoms with Crippen molar-refractivity contribution < 1.29 is 24.6 Å². The number of rotatable bonds is 5. The number of likely N-dealkylation sites (tertiary alicyclic amines) is 1. The van der Waals surface area contributed by atoms with Gasteiger partial charge in [-0.2, -0.15) is 0 Å². The Morgan fingerprint density at radius 1 is 1.37 bits per heavy atom. The second-order valence-corrected chi connectivity index (χ2v) is 4.62. The van der Waals surface area contributed by atoms with E-state index in [9.17, 15) is 14.4 Å². The highest BCUT2D eigenvalue weighted by Crippen LogP contribution is 2.09. The normalized spacial score (nSPS) is 20.7. The molecule has 0 aromatic rings. The number of hydrogen-bond acceptors (Lipinski definition) is 4. The van der Waals surface area contributed by atoms with E-state index in [4.69, 9.17) is 15.9 Å². The maximum absolute atomic E-state index is 11.9. The summed E-state index contributed by atoms with van der Waals surface area (Å²) in [7, 11) is 0. The van der Waals surface area contributed by atoms with Crippen LogP contribution in [0.5, 0.6) is 0 Å². The van der Waals surface area contributed by atoms with Crippen molar-refractivity contribution in [3.8, 4) is 0 Å². The van der Waals surface area contributed by atoms with E-state index in [0.717, 1.165) is 12.8 Å². The molecule has 0 saturated carbocycles. The maximum Gasteiger partial charge on any atom is 0.326 e. The molecule has 2 amide bonds. The number of piperidine rings is 1. The van der Waals surface area contributed by atoms with Crippen LogP contribution in [0.1, 0.15) is 25.7 Å².